The molecule has 0 aliphatic heterocycles. The largest absolute Gasteiger partial charge is 0.457 e. The third-order valence-electron chi connectivity index (χ3n) is 4.11. The molecule has 22 heavy (non-hydrogen) atoms. The van der Waals surface area contributed by atoms with Crippen molar-refractivity contribution in [1.29, 1.82) is 0 Å². The van der Waals surface area contributed by atoms with Crippen LogP contribution >= 0.6 is 23.2 Å². The van der Waals surface area contributed by atoms with Gasteiger partial charge in [-0.15, -0.1) is 23.2 Å². The highest BCUT2D eigenvalue weighted by molar-refractivity contribution is 6.53. The van der Waals surface area contributed by atoms with Gasteiger partial charge in [-0.25, -0.2) is 0 Å². The topological polar surface area (TPSA) is 43.4 Å². The highest BCUT2D eigenvalue weighted by atomic mass is 35.5. The number of hydrogen-bond acceptors (Lipinski definition) is 3. The Kier molecular flexibility index (Phi) is 3.66. The van der Waals surface area contributed by atoms with E-state index in [2.05, 4.69) is 0 Å². The van der Waals surface area contributed by atoms with E-state index in [-0.39, 0.29) is 12.4 Å². The van der Waals surface area contributed by atoms with Crippen molar-refractivity contribution in [3.8, 4) is 0 Å². The van der Waals surface area contributed by atoms with Crippen LogP contribution in [0.15, 0.2) is 42.5 Å². The van der Waals surface area contributed by atoms with Crippen LogP contribution in [0.1, 0.15) is 23.7 Å². The van der Waals surface area contributed by atoms with Crippen LogP contribution in [0.5, 0.6) is 0 Å². The average Bonchev–Trinajstić information content (AvgIpc) is 3.03. The Hall–Kier alpha value is -1.58. The lowest BCUT2D eigenvalue weighted by Crippen LogP contribution is -2.24. The highest BCUT2D eigenvalue weighted by Crippen LogP contribution is 2.64. The van der Waals surface area contributed by atoms with Gasteiger partial charge in [-0.2, -0.15) is 0 Å². The molecule has 1 saturated carbocycles. The molecule has 0 bridgehead atoms. The number of ketones is 1. The first-order chi connectivity index (χ1) is 10.3. The normalized spacial score (nSPS) is 22.3. The smallest absolute Gasteiger partial charge is 0.315 e. The molecule has 1 unspecified atom stereocenters. The van der Waals surface area contributed by atoms with Gasteiger partial charge in [0.1, 0.15) is 9.75 Å². The number of esters is 1. The van der Waals surface area contributed by atoms with Gasteiger partial charge in [0.25, 0.3) is 0 Å². The number of rotatable bonds is 4. The third-order valence-corrected chi connectivity index (χ3v) is 5.22. The molecule has 0 N–H and O–H groups in total. The van der Waals surface area contributed by atoms with Crippen LogP contribution in [-0.2, 0) is 9.53 Å². The monoisotopic (exact) mass is 336 g/mol. The van der Waals surface area contributed by atoms with Crippen LogP contribution in [0.2, 0.25) is 0 Å². The first kappa shape index (κ1) is 15.3. The quantitative estimate of drug-likeness (QED) is 0.478. The maximum Gasteiger partial charge on any atom is 0.315 e. The summed E-state index contributed by atoms with van der Waals surface area (Å²) in [4.78, 5) is 24.1. The van der Waals surface area contributed by atoms with Crippen LogP contribution < -0.4 is 0 Å². The second kappa shape index (κ2) is 5.25. The fourth-order valence-electron chi connectivity index (χ4n) is 2.36. The molecule has 3 nitrogen and oxygen atoms in total. The van der Waals surface area contributed by atoms with Gasteiger partial charge in [0.2, 0.25) is 0 Å². The minimum atomic E-state index is -1.09. The summed E-state index contributed by atoms with van der Waals surface area (Å²) in [6.45, 7) is 1.33. The molecule has 2 aromatic rings. The summed E-state index contributed by atoms with van der Waals surface area (Å²) in [5, 5.41) is 2.02. The van der Waals surface area contributed by atoms with Crippen LogP contribution in [0, 0.1) is 5.41 Å². The van der Waals surface area contributed by atoms with Crippen LogP contribution in [0.25, 0.3) is 10.8 Å². The number of hydrogen-bond donors (Lipinski definition) is 0. The molecular formula is C17H14Cl2O3. The van der Waals surface area contributed by atoms with E-state index in [1.807, 2.05) is 30.3 Å². The average molecular weight is 337 g/mol. The molecule has 3 rings (SSSR count). The van der Waals surface area contributed by atoms with Crippen molar-refractivity contribution >= 4 is 45.7 Å². The van der Waals surface area contributed by atoms with Crippen molar-refractivity contribution in [2.45, 2.75) is 17.7 Å². The molecule has 5 heteroatoms. The summed E-state index contributed by atoms with van der Waals surface area (Å²) in [5.74, 6) is -0.787. The zero-order chi connectivity index (χ0) is 16.0. The molecule has 0 spiro atoms. The van der Waals surface area contributed by atoms with E-state index in [1.165, 1.54) is 0 Å². The van der Waals surface area contributed by atoms with Crippen molar-refractivity contribution in [3.05, 3.63) is 48.0 Å². The Morgan fingerprint density at radius 2 is 1.77 bits per heavy atom. The SMILES string of the molecule is CC1(C(=O)OCC(=O)c2ccc3ccccc3c2)CC1(Cl)Cl. The van der Waals surface area contributed by atoms with E-state index >= 15 is 0 Å². The van der Waals surface area contributed by atoms with Gasteiger partial charge in [-0.05, 0) is 23.8 Å². The molecule has 1 aliphatic carbocycles. The first-order valence-corrected chi connectivity index (χ1v) is 7.66. The van der Waals surface area contributed by atoms with Gasteiger partial charge in [-0.3, -0.25) is 9.59 Å². The molecule has 1 atom stereocenters. The lowest BCUT2D eigenvalue weighted by Gasteiger charge is -2.11. The van der Waals surface area contributed by atoms with Crippen molar-refractivity contribution < 1.29 is 14.3 Å². The molecule has 1 fully saturated rings. The van der Waals surface area contributed by atoms with E-state index in [4.69, 9.17) is 27.9 Å². The summed E-state index contributed by atoms with van der Waals surface area (Å²) in [6, 6.07) is 13.1. The number of ether oxygens (including phenoxy) is 1. The minimum Gasteiger partial charge on any atom is -0.457 e. The van der Waals surface area contributed by atoms with Crippen LogP contribution in [0.3, 0.4) is 0 Å². The molecule has 0 heterocycles. The lowest BCUT2D eigenvalue weighted by atomic mass is 10.0. The lowest BCUT2D eigenvalue weighted by molar-refractivity contribution is -0.148. The predicted octanol–water partition coefficient (Wildman–Crippen LogP) is 4.15. The summed E-state index contributed by atoms with van der Waals surface area (Å²) in [5.41, 5.74) is -0.407. The number of alkyl halides is 2. The summed E-state index contributed by atoms with van der Waals surface area (Å²) in [7, 11) is 0. The van der Waals surface area contributed by atoms with E-state index in [9.17, 15) is 9.59 Å². The molecular weight excluding hydrogens is 323 g/mol. The Morgan fingerprint density at radius 3 is 2.41 bits per heavy atom. The Morgan fingerprint density at radius 1 is 1.14 bits per heavy atom. The fraction of sp³-hybridized carbons (Fsp3) is 0.294. The maximum atomic E-state index is 12.2. The zero-order valence-electron chi connectivity index (χ0n) is 11.9. The van der Waals surface area contributed by atoms with Gasteiger partial charge < -0.3 is 4.74 Å². The summed E-state index contributed by atoms with van der Waals surface area (Å²) in [6.07, 6.45) is 0.339. The van der Waals surface area contributed by atoms with Crippen LogP contribution in [-0.4, -0.2) is 22.7 Å². The summed E-state index contributed by atoms with van der Waals surface area (Å²) < 4.78 is 3.99. The minimum absolute atomic E-state index is 0.252. The van der Waals surface area contributed by atoms with Crippen LogP contribution in [0.4, 0.5) is 0 Å². The van der Waals surface area contributed by atoms with Gasteiger partial charge >= 0.3 is 5.97 Å². The second-order valence-electron chi connectivity index (χ2n) is 5.77. The molecule has 0 amide bonds. The van der Waals surface area contributed by atoms with E-state index in [0.29, 0.717) is 12.0 Å². The molecule has 0 aromatic heterocycles. The fourth-order valence-corrected chi connectivity index (χ4v) is 3.05. The van der Waals surface area contributed by atoms with E-state index < -0.39 is 15.7 Å². The second-order valence-corrected chi connectivity index (χ2v) is 7.26. The molecule has 2 aromatic carbocycles. The Balaban J connectivity index is 1.68. The van der Waals surface area contributed by atoms with Crippen molar-refractivity contribution in [3.63, 3.8) is 0 Å². The van der Waals surface area contributed by atoms with Gasteiger partial charge in [-0.1, -0.05) is 36.4 Å². The molecule has 0 radical (unpaired) electrons. The zero-order valence-corrected chi connectivity index (χ0v) is 13.4. The van der Waals surface area contributed by atoms with Gasteiger partial charge in [0.15, 0.2) is 12.4 Å². The third kappa shape index (κ3) is 2.59. The van der Waals surface area contributed by atoms with Gasteiger partial charge in [0, 0.05) is 12.0 Å². The van der Waals surface area contributed by atoms with E-state index in [1.54, 1.807) is 19.1 Å². The number of carbonyl (C=O) groups excluding carboxylic acids is 2. The first-order valence-electron chi connectivity index (χ1n) is 6.91. The van der Waals surface area contributed by atoms with Crippen molar-refractivity contribution in [2.24, 2.45) is 5.41 Å². The number of Topliss-reactive ketones (excluding diaryl/α,β-unsaturated/α-hetero) is 1. The maximum absolute atomic E-state index is 12.2. The van der Waals surface area contributed by atoms with Crippen molar-refractivity contribution in [1.82, 2.24) is 0 Å². The molecule has 114 valence electrons. The van der Waals surface area contributed by atoms with Crippen molar-refractivity contribution in [2.75, 3.05) is 6.61 Å². The predicted molar refractivity (Wildman–Crippen MR) is 86.4 cm³/mol. The highest BCUT2D eigenvalue weighted by Gasteiger charge is 2.69. The van der Waals surface area contributed by atoms with Gasteiger partial charge in [0.05, 0.1) is 0 Å². The number of halogens is 2. The standard InChI is InChI=1S/C17H14Cl2O3/c1-16(10-17(16,18)19)15(21)22-9-14(20)13-7-6-11-4-2-3-5-12(11)8-13/h2-8H,9-10H2,1H3. The number of fused-ring (bicyclic) bond motifs is 1. The Bertz CT molecular complexity index is 769. The molecule has 0 saturated heterocycles. The molecule has 1 aliphatic rings. The van der Waals surface area contributed by atoms with E-state index in [0.717, 1.165) is 10.8 Å². The number of carbonyl (C=O) groups is 2. The Labute approximate surface area is 138 Å². The summed E-state index contributed by atoms with van der Waals surface area (Å²) >= 11 is 11.8. The number of benzene rings is 2.